The smallest absolute Gasteiger partial charge is 0.408 e. The van der Waals surface area contributed by atoms with Crippen molar-refractivity contribution in [1.82, 2.24) is 10.6 Å². The van der Waals surface area contributed by atoms with Crippen molar-refractivity contribution in [2.45, 2.75) is 51.9 Å². The maximum atomic E-state index is 12.3. The van der Waals surface area contributed by atoms with Gasteiger partial charge in [0.15, 0.2) is 0 Å². The standard InChI is InChI=1S/C31H34N2O6/c1-31(2,3)39-30(36)33-27(28(34)37-4)20-24-14-16-25-18-22(13-15-26(25)19-24)10-8-9-17-32-29(35)38-21-23-11-6-5-7-12-23/h5-7,11-16,18-19,27H,9,17,20-21H2,1-4H3,(H,32,35)(H,33,36)/t27-/m0/s1. The molecule has 8 heteroatoms. The molecule has 3 aromatic carbocycles. The second kappa shape index (κ2) is 13.9. The van der Waals surface area contributed by atoms with Gasteiger partial charge in [-0.15, -0.1) is 0 Å². The van der Waals surface area contributed by atoms with Crippen LogP contribution < -0.4 is 10.6 Å². The molecule has 0 saturated heterocycles. The van der Waals surface area contributed by atoms with Crippen molar-refractivity contribution < 1.29 is 28.6 Å². The van der Waals surface area contributed by atoms with E-state index in [1.165, 1.54) is 7.11 Å². The minimum atomic E-state index is -0.878. The van der Waals surface area contributed by atoms with Crippen LogP contribution in [0.5, 0.6) is 0 Å². The first-order valence-electron chi connectivity index (χ1n) is 12.7. The number of alkyl carbamates (subject to hydrolysis) is 2. The minimum Gasteiger partial charge on any atom is -0.467 e. The zero-order chi connectivity index (χ0) is 28.3. The largest absolute Gasteiger partial charge is 0.467 e. The predicted molar refractivity (Wildman–Crippen MR) is 149 cm³/mol. The monoisotopic (exact) mass is 530 g/mol. The van der Waals surface area contributed by atoms with Gasteiger partial charge in [0.05, 0.1) is 7.11 Å². The minimum absolute atomic E-state index is 0.223. The number of nitrogens with one attached hydrogen (secondary N) is 2. The Labute approximate surface area is 229 Å². The molecule has 0 aromatic heterocycles. The zero-order valence-corrected chi connectivity index (χ0v) is 22.7. The molecule has 3 rings (SSSR count). The molecule has 0 unspecified atom stereocenters. The summed E-state index contributed by atoms with van der Waals surface area (Å²) in [5.41, 5.74) is 1.95. The quantitative estimate of drug-likeness (QED) is 0.181. The molecule has 0 fully saturated rings. The SMILES string of the molecule is COC(=O)[C@H](Cc1ccc2cc(C#CCCNC(=O)OCc3ccccc3)ccc2c1)NC(=O)OC(C)(C)C. The molecule has 1 atom stereocenters. The average molecular weight is 531 g/mol. The fourth-order valence-corrected chi connectivity index (χ4v) is 3.69. The maximum Gasteiger partial charge on any atom is 0.408 e. The summed E-state index contributed by atoms with van der Waals surface area (Å²) in [7, 11) is 1.28. The third-order valence-electron chi connectivity index (χ3n) is 5.49. The van der Waals surface area contributed by atoms with Crippen molar-refractivity contribution in [3.63, 3.8) is 0 Å². The van der Waals surface area contributed by atoms with Crippen LogP contribution in [0, 0.1) is 11.8 Å². The fourth-order valence-electron chi connectivity index (χ4n) is 3.69. The summed E-state index contributed by atoms with van der Waals surface area (Å²) < 4.78 is 15.3. The summed E-state index contributed by atoms with van der Waals surface area (Å²) >= 11 is 0. The molecule has 2 N–H and O–H groups in total. The van der Waals surface area contributed by atoms with Gasteiger partial charge >= 0.3 is 18.2 Å². The third kappa shape index (κ3) is 10.0. The van der Waals surface area contributed by atoms with Gasteiger partial charge in [0.1, 0.15) is 18.2 Å². The van der Waals surface area contributed by atoms with Crippen LogP contribution in [-0.4, -0.2) is 43.5 Å². The van der Waals surface area contributed by atoms with E-state index >= 15 is 0 Å². The van der Waals surface area contributed by atoms with Crippen molar-refractivity contribution in [2.24, 2.45) is 0 Å². The Morgan fingerprint density at radius 1 is 0.897 bits per heavy atom. The Morgan fingerprint density at radius 2 is 1.62 bits per heavy atom. The molecule has 0 aliphatic heterocycles. The number of esters is 1. The van der Waals surface area contributed by atoms with Crippen molar-refractivity contribution >= 4 is 28.9 Å². The molecular formula is C31H34N2O6. The Kier molecular flexibility index (Phi) is 10.3. The lowest BCUT2D eigenvalue weighted by atomic mass is 10.0. The zero-order valence-electron chi connectivity index (χ0n) is 22.7. The normalized spacial score (nSPS) is 11.5. The highest BCUT2D eigenvalue weighted by molar-refractivity contribution is 5.85. The van der Waals surface area contributed by atoms with Gasteiger partial charge in [-0.2, -0.15) is 0 Å². The van der Waals surface area contributed by atoms with Crippen molar-refractivity contribution in [1.29, 1.82) is 0 Å². The molecule has 0 radical (unpaired) electrons. The number of benzene rings is 3. The van der Waals surface area contributed by atoms with Gasteiger partial charge in [0, 0.05) is 24.9 Å². The van der Waals surface area contributed by atoms with Gasteiger partial charge in [0.2, 0.25) is 0 Å². The third-order valence-corrected chi connectivity index (χ3v) is 5.49. The van der Waals surface area contributed by atoms with E-state index in [2.05, 4.69) is 22.5 Å². The maximum absolute atomic E-state index is 12.3. The number of hydrogen-bond donors (Lipinski definition) is 2. The number of methoxy groups -OCH3 is 1. The molecule has 0 spiro atoms. The number of carbonyl (C=O) groups excluding carboxylic acids is 3. The molecule has 2 amide bonds. The molecule has 3 aromatic rings. The van der Waals surface area contributed by atoms with Crippen LogP contribution in [-0.2, 0) is 32.0 Å². The van der Waals surface area contributed by atoms with Crippen molar-refractivity contribution in [2.75, 3.05) is 13.7 Å². The van der Waals surface area contributed by atoms with E-state index in [0.717, 1.165) is 27.5 Å². The van der Waals surface area contributed by atoms with Gasteiger partial charge in [-0.25, -0.2) is 14.4 Å². The molecule has 39 heavy (non-hydrogen) atoms. The molecule has 0 aliphatic carbocycles. The number of rotatable bonds is 8. The first kappa shape index (κ1) is 29.1. The van der Waals surface area contributed by atoms with E-state index in [-0.39, 0.29) is 13.0 Å². The van der Waals surface area contributed by atoms with E-state index in [1.54, 1.807) is 20.8 Å². The first-order valence-corrected chi connectivity index (χ1v) is 12.7. The van der Waals surface area contributed by atoms with Crippen LogP contribution in [0.3, 0.4) is 0 Å². The van der Waals surface area contributed by atoms with Crippen molar-refractivity contribution in [3.8, 4) is 11.8 Å². The summed E-state index contributed by atoms with van der Waals surface area (Å²) in [6.07, 6.45) is -0.416. The van der Waals surface area contributed by atoms with Crippen LogP contribution in [0.25, 0.3) is 10.8 Å². The topological polar surface area (TPSA) is 103 Å². The molecule has 0 heterocycles. The molecule has 0 saturated carbocycles. The fraction of sp³-hybridized carbons (Fsp3) is 0.323. The van der Waals surface area contributed by atoms with Crippen LogP contribution in [0.2, 0.25) is 0 Å². The Hall–Kier alpha value is -4.51. The number of ether oxygens (including phenoxy) is 3. The number of amides is 2. The first-order chi connectivity index (χ1) is 18.6. The number of hydrogen-bond acceptors (Lipinski definition) is 6. The molecule has 0 aliphatic rings. The van der Waals surface area contributed by atoms with Crippen LogP contribution >= 0.6 is 0 Å². The number of fused-ring (bicyclic) bond motifs is 1. The van der Waals surface area contributed by atoms with E-state index in [4.69, 9.17) is 14.2 Å². The van der Waals surface area contributed by atoms with Gasteiger partial charge in [-0.3, -0.25) is 0 Å². The van der Waals surface area contributed by atoms with Crippen LogP contribution in [0.15, 0.2) is 66.7 Å². The molecule has 0 bridgehead atoms. The van der Waals surface area contributed by atoms with Gasteiger partial charge in [0.25, 0.3) is 0 Å². The average Bonchev–Trinajstić information content (AvgIpc) is 2.90. The summed E-state index contributed by atoms with van der Waals surface area (Å²) in [4.78, 5) is 36.3. The lowest BCUT2D eigenvalue weighted by Crippen LogP contribution is -2.45. The van der Waals surface area contributed by atoms with Gasteiger partial charge < -0.3 is 24.8 Å². The van der Waals surface area contributed by atoms with E-state index in [0.29, 0.717) is 13.0 Å². The van der Waals surface area contributed by atoms with E-state index in [1.807, 2.05) is 66.7 Å². The van der Waals surface area contributed by atoms with Gasteiger partial charge in [-0.1, -0.05) is 66.4 Å². The Bertz CT molecular complexity index is 1350. The second-order valence-corrected chi connectivity index (χ2v) is 9.86. The molecule has 8 nitrogen and oxygen atoms in total. The lowest BCUT2D eigenvalue weighted by molar-refractivity contribution is -0.143. The van der Waals surface area contributed by atoms with Gasteiger partial charge in [-0.05, 0) is 54.8 Å². The van der Waals surface area contributed by atoms with Crippen molar-refractivity contribution in [3.05, 3.63) is 83.4 Å². The number of carbonyl (C=O) groups is 3. The lowest BCUT2D eigenvalue weighted by Gasteiger charge is -2.22. The summed E-state index contributed by atoms with van der Waals surface area (Å²) in [5, 5.41) is 7.25. The summed E-state index contributed by atoms with van der Waals surface area (Å²) in [6.45, 7) is 5.87. The Morgan fingerprint density at radius 3 is 2.33 bits per heavy atom. The summed E-state index contributed by atoms with van der Waals surface area (Å²) in [6, 6.07) is 20.3. The van der Waals surface area contributed by atoms with E-state index in [9.17, 15) is 14.4 Å². The second-order valence-electron chi connectivity index (χ2n) is 9.86. The van der Waals surface area contributed by atoms with Crippen LogP contribution in [0.1, 0.15) is 43.9 Å². The summed E-state index contributed by atoms with van der Waals surface area (Å²) in [5.74, 6) is 5.63. The Balaban J connectivity index is 1.53. The predicted octanol–water partition coefficient (Wildman–Crippen LogP) is 5.12. The molecular weight excluding hydrogens is 496 g/mol. The highest BCUT2D eigenvalue weighted by atomic mass is 16.6. The highest BCUT2D eigenvalue weighted by Crippen LogP contribution is 2.19. The highest BCUT2D eigenvalue weighted by Gasteiger charge is 2.25. The van der Waals surface area contributed by atoms with Crippen LogP contribution in [0.4, 0.5) is 9.59 Å². The van der Waals surface area contributed by atoms with E-state index < -0.39 is 29.8 Å². The molecule has 204 valence electrons.